The fraction of sp³-hybridized carbons (Fsp3) is 0.588. The highest BCUT2D eigenvalue weighted by atomic mass is 16.1. The average Bonchev–Trinajstić information content (AvgIpc) is 2.68. The number of rotatable bonds is 3. The highest BCUT2D eigenvalue weighted by Crippen LogP contribution is 2.44. The van der Waals surface area contributed by atoms with Crippen LogP contribution in [-0.2, 0) is 4.79 Å². The van der Waals surface area contributed by atoms with Gasteiger partial charge in [-0.05, 0) is 37.8 Å². The lowest BCUT2D eigenvalue weighted by Gasteiger charge is -2.48. The van der Waals surface area contributed by atoms with Crippen molar-refractivity contribution in [3.05, 3.63) is 30.3 Å². The number of ketones is 1. The Balaban J connectivity index is 1.82. The van der Waals surface area contributed by atoms with Crippen molar-refractivity contribution in [2.45, 2.75) is 45.1 Å². The van der Waals surface area contributed by atoms with Gasteiger partial charge < -0.3 is 4.90 Å². The fourth-order valence-electron chi connectivity index (χ4n) is 3.92. The van der Waals surface area contributed by atoms with Crippen molar-refractivity contribution in [1.82, 2.24) is 0 Å². The molecule has 2 fully saturated rings. The number of Topliss-reactive ketones (excluding diaryl/α,β-unsaturated/α-hetero) is 1. The van der Waals surface area contributed by atoms with Crippen LogP contribution in [0.2, 0.25) is 0 Å². The second-order valence-electron chi connectivity index (χ2n) is 5.88. The van der Waals surface area contributed by atoms with Crippen LogP contribution in [0.15, 0.2) is 30.3 Å². The number of likely N-dealkylation sites (N-methyl/N-ethyl adjacent to an activating group) is 1. The minimum Gasteiger partial charge on any atom is -0.361 e. The van der Waals surface area contributed by atoms with Crippen LogP contribution < -0.4 is 4.90 Å². The van der Waals surface area contributed by atoms with Crippen molar-refractivity contribution in [2.24, 2.45) is 11.8 Å². The molecule has 0 aliphatic heterocycles. The molecule has 2 aliphatic rings. The molecule has 0 unspecified atom stereocenters. The first-order chi connectivity index (χ1) is 9.33. The van der Waals surface area contributed by atoms with Gasteiger partial charge in [0.05, 0.1) is 6.04 Å². The van der Waals surface area contributed by atoms with Crippen molar-refractivity contribution in [3.63, 3.8) is 0 Å². The lowest BCUT2D eigenvalue weighted by atomic mass is 9.64. The zero-order chi connectivity index (χ0) is 13.2. The van der Waals surface area contributed by atoms with Gasteiger partial charge in [-0.3, -0.25) is 4.79 Å². The number of fused-ring (bicyclic) bond motifs is 1. The van der Waals surface area contributed by atoms with Crippen LogP contribution in [0.5, 0.6) is 0 Å². The first-order valence-electron chi connectivity index (χ1n) is 7.68. The fourth-order valence-corrected chi connectivity index (χ4v) is 3.92. The number of anilines is 1. The molecule has 0 saturated heterocycles. The van der Waals surface area contributed by atoms with E-state index >= 15 is 0 Å². The summed E-state index contributed by atoms with van der Waals surface area (Å²) in [6.45, 7) is 3.08. The third kappa shape index (κ3) is 2.18. The largest absolute Gasteiger partial charge is 0.361 e. The number of para-hydroxylation sites is 1. The van der Waals surface area contributed by atoms with Gasteiger partial charge in [0.2, 0.25) is 0 Å². The van der Waals surface area contributed by atoms with Crippen LogP contribution >= 0.6 is 0 Å². The molecule has 0 N–H and O–H groups in total. The summed E-state index contributed by atoms with van der Waals surface area (Å²) in [6, 6.07) is 10.6. The van der Waals surface area contributed by atoms with Gasteiger partial charge in [-0.1, -0.05) is 37.5 Å². The molecule has 3 rings (SSSR count). The third-order valence-electron chi connectivity index (χ3n) is 4.90. The number of carbonyl (C=O) groups excluding carboxylic acids is 1. The first-order valence-corrected chi connectivity index (χ1v) is 7.68. The number of hydrogen-bond donors (Lipinski definition) is 0. The molecule has 2 saturated carbocycles. The van der Waals surface area contributed by atoms with Crippen LogP contribution in [0.25, 0.3) is 0 Å². The molecule has 0 bridgehead atoms. The van der Waals surface area contributed by atoms with Gasteiger partial charge in [-0.2, -0.15) is 0 Å². The van der Waals surface area contributed by atoms with Gasteiger partial charge >= 0.3 is 0 Å². The van der Waals surface area contributed by atoms with E-state index in [0.717, 1.165) is 13.0 Å². The van der Waals surface area contributed by atoms with E-state index < -0.39 is 0 Å². The molecule has 2 aliphatic carbocycles. The second kappa shape index (κ2) is 5.36. The predicted molar refractivity (Wildman–Crippen MR) is 78.3 cm³/mol. The van der Waals surface area contributed by atoms with E-state index in [1.165, 1.54) is 31.4 Å². The Labute approximate surface area is 115 Å². The summed E-state index contributed by atoms with van der Waals surface area (Å²) < 4.78 is 0. The SMILES string of the molecule is CCN(c1ccccc1)[C@H]1C(=O)[C@H]2CCCCC[C@H]21. The Morgan fingerprint density at radius 1 is 1.11 bits per heavy atom. The maximum absolute atomic E-state index is 12.5. The third-order valence-corrected chi connectivity index (χ3v) is 4.90. The van der Waals surface area contributed by atoms with E-state index in [1.807, 2.05) is 6.07 Å². The normalized spacial score (nSPS) is 30.2. The molecule has 102 valence electrons. The Morgan fingerprint density at radius 2 is 1.84 bits per heavy atom. The Morgan fingerprint density at radius 3 is 2.58 bits per heavy atom. The minimum absolute atomic E-state index is 0.149. The molecule has 1 aromatic carbocycles. The van der Waals surface area contributed by atoms with Crippen molar-refractivity contribution in [1.29, 1.82) is 0 Å². The van der Waals surface area contributed by atoms with E-state index in [2.05, 4.69) is 36.1 Å². The van der Waals surface area contributed by atoms with Crippen molar-refractivity contribution in [3.8, 4) is 0 Å². The summed E-state index contributed by atoms with van der Waals surface area (Å²) in [4.78, 5) is 14.8. The lowest BCUT2D eigenvalue weighted by molar-refractivity contribution is -0.137. The van der Waals surface area contributed by atoms with Crippen molar-refractivity contribution in [2.75, 3.05) is 11.4 Å². The van der Waals surface area contributed by atoms with Gasteiger partial charge in [0.15, 0.2) is 5.78 Å². The maximum Gasteiger partial charge on any atom is 0.158 e. The molecule has 0 spiro atoms. The topological polar surface area (TPSA) is 20.3 Å². The standard InChI is InChI=1S/C17H23NO/c1-2-18(13-9-5-3-6-10-13)16-14-11-7-4-8-12-15(14)17(16)19/h3,5-6,9-10,14-16H,2,4,7-8,11-12H2,1H3/t14-,15+,16-/m1/s1. The Bertz CT molecular complexity index is 442. The summed E-state index contributed by atoms with van der Waals surface area (Å²) in [5.41, 5.74) is 1.20. The smallest absolute Gasteiger partial charge is 0.158 e. The highest BCUT2D eigenvalue weighted by molar-refractivity contribution is 5.96. The van der Waals surface area contributed by atoms with Gasteiger partial charge in [0.1, 0.15) is 0 Å². The number of carbonyl (C=O) groups is 1. The summed E-state index contributed by atoms with van der Waals surface area (Å²) in [5, 5.41) is 0. The predicted octanol–water partition coefficient (Wildman–Crippen LogP) is 3.66. The van der Waals surface area contributed by atoms with E-state index in [-0.39, 0.29) is 6.04 Å². The minimum atomic E-state index is 0.149. The summed E-state index contributed by atoms with van der Waals surface area (Å²) in [5.74, 6) is 1.47. The quantitative estimate of drug-likeness (QED) is 0.823. The van der Waals surface area contributed by atoms with Crippen LogP contribution in [-0.4, -0.2) is 18.4 Å². The van der Waals surface area contributed by atoms with E-state index in [1.54, 1.807) is 0 Å². The second-order valence-corrected chi connectivity index (χ2v) is 5.88. The van der Waals surface area contributed by atoms with Crippen LogP contribution in [0, 0.1) is 11.8 Å². The molecular formula is C17H23NO. The van der Waals surface area contributed by atoms with Crippen molar-refractivity contribution < 1.29 is 4.79 Å². The van der Waals surface area contributed by atoms with Crippen LogP contribution in [0.4, 0.5) is 5.69 Å². The molecule has 3 atom stereocenters. The summed E-state index contributed by atoms with van der Waals surface area (Å²) in [7, 11) is 0. The Kier molecular flexibility index (Phi) is 3.58. The molecule has 2 nitrogen and oxygen atoms in total. The van der Waals surface area contributed by atoms with Crippen LogP contribution in [0.3, 0.4) is 0 Å². The van der Waals surface area contributed by atoms with Gasteiger partial charge in [0, 0.05) is 18.2 Å². The lowest BCUT2D eigenvalue weighted by Crippen LogP contribution is -2.60. The van der Waals surface area contributed by atoms with Gasteiger partial charge in [0.25, 0.3) is 0 Å². The summed E-state index contributed by atoms with van der Waals surface area (Å²) >= 11 is 0. The van der Waals surface area contributed by atoms with E-state index in [4.69, 9.17) is 0 Å². The van der Waals surface area contributed by atoms with E-state index in [9.17, 15) is 4.79 Å². The molecular weight excluding hydrogens is 234 g/mol. The zero-order valence-corrected chi connectivity index (χ0v) is 11.7. The maximum atomic E-state index is 12.5. The van der Waals surface area contributed by atoms with E-state index in [0.29, 0.717) is 17.6 Å². The number of hydrogen-bond acceptors (Lipinski definition) is 2. The van der Waals surface area contributed by atoms with Gasteiger partial charge in [-0.15, -0.1) is 0 Å². The monoisotopic (exact) mass is 257 g/mol. The molecule has 0 amide bonds. The van der Waals surface area contributed by atoms with Crippen LogP contribution in [0.1, 0.15) is 39.0 Å². The molecule has 0 radical (unpaired) electrons. The van der Waals surface area contributed by atoms with Gasteiger partial charge in [-0.25, -0.2) is 0 Å². The average molecular weight is 257 g/mol. The molecule has 19 heavy (non-hydrogen) atoms. The number of benzene rings is 1. The molecule has 1 aromatic rings. The van der Waals surface area contributed by atoms with Crippen molar-refractivity contribution >= 4 is 11.5 Å². The zero-order valence-electron chi connectivity index (χ0n) is 11.7. The first kappa shape index (κ1) is 12.7. The summed E-state index contributed by atoms with van der Waals surface area (Å²) in [6.07, 6.45) is 6.23. The number of nitrogens with zero attached hydrogens (tertiary/aromatic N) is 1. The molecule has 2 heteroatoms. The highest BCUT2D eigenvalue weighted by Gasteiger charge is 2.51. The molecule has 0 aromatic heterocycles. The molecule has 0 heterocycles. The Hall–Kier alpha value is -1.31.